The van der Waals surface area contributed by atoms with E-state index < -0.39 is 53.9 Å². The average molecular weight is 334 g/mol. The van der Waals surface area contributed by atoms with Crippen LogP contribution in [-0.2, 0) is 14.4 Å². The summed E-state index contributed by atoms with van der Waals surface area (Å²) in [5, 5.41) is 52.0. The minimum absolute atomic E-state index is 0.513. The molecule has 0 aromatic heterocycles. The van der Waals surface area contributed by atoms with Crippen molar-refractivity contribution in [2.75, 3.05) is 0 Å². The number of aliphatic hydroxyl groups is 4. The fourth-order valence-corrected chi connectivity index (χ4v) is 1.89. The fourth-order valence-electron chi connectivity index (χ4n) is 1.89. The summed E-state index contributed by atoms with van der Waals surface area (Å²) in [7, 11) is 0. The molecule has 10 nitrogen and oxygen atoms in total. The fraction of sp³-hybridized carbons (Fsp3) is 0.615. The number of aliphatic carboxylic acids is 1. The second-order valence-electron chi connectivity index (χ2n) is 5.03. The van der Waals surface area contributed by atoms with E-state index in [-0.39, 0.29) is 0 Å². The molecule has 2 amide bonds. The highest BCUT2D eigenvalue weighted by Crippen LogP contribution is 2.11. The van der Waals surface area contributed by atoms with Gasteiger partial charge in [-0.25, -0.2) is 4.79 Å². The number of rotatable bonds is 8. The third-order valence-corrected chi connectivity index (χ3v) is 2.91. The van der Waals surface area contributed by atoms with E-state index >= 15 is 0 Å². The molecule has 5 atom stereocenters. The molecule has 0 aliphatic heterocycles. The number of carbonyl (C=O) groups is 3. The molecule has 0 radical (unpaired) electrons. The lowest BCUT2D eigenvalue weighted by molar-refractivity contribution is -0.135. The average Bonchev–Trinajstić information content (AvgIpc) is 2.40. The van der Waals surface area contributed by atoms with Crippen LogP contribution in [0.25, 0.3) is 0 Å². The van der Waals surface area contributed by atoms with E-state index in [4.69, 9.17) is 10.2 Å². The molecule has 7 N–H and O–H groups in total. The summed E-state index contributed by atoms with van der Waals surface area (Å²) in [5.74, 6) is -4.14. The van der Waals surface area contributed by atoms with Gasteiger partial charge in [0.2, 0.25) is 11.8 Å². The predicted molar refractivity (Wildman–Crippen MR) is 77.3 cm³/mol. The molecule has 0 heterocycles. The lowest BCUT2D eigenvalue weighted by Crippen LogP contribution is -2.60. The minimum atomic E-state index is -1.79. The van der Waals surface area contributed by atoms with Gasteiger partial charge in [-0.3, -0.25) is 9.59 Å². The number of nitrogens with one attached hydrogen (secondary N) is 2. The molecule has 0 aromatic rings. The van der Waals surface area contributed by atoms with E-state index in [0.717, 1.165) is 13.8 Å². The van der Waals surface area contributed by atoms with E-state index in [2.05, 4.69) is 10.6 Å². The highest BCUT2D eigenvalue weighted by atomic mass is 16.4. The van der Waals surface area contributed by atoms with Gasteiger partial charge in [-0.05, 0) is 13.0 Å². The summed E-state index contributed by atoms with van der Waals surface area (Å²) >= 11 is 0. The van der Waals surface area contributed by atoms with Crippen molar-refractivity contribution < 1.29 is 39.9 Å². The molecule has 0 unspecified atom stereocenters. The lowest BCUT2D eigenvalue weighted by atomic mass is 9.94. The van der Waals surface area contributed by atoms with Gasteiger partial charge in [0, 0.05) is 13.8 Å². The second-order valence-corrected chi connectivity index (χ2v) is 5.03. The first-order valence-corrected chi connectivity index (χ1v) is 6.69. The first kappa shape index (κ1) is 20.8. The van der Waals surface area contributed by atoms with Crippen LogP contribution in [0.3, 0.4) is 0 Å². The monoisotopic (exact) mass is 334 g/mol. The molecule has 0 aliphatic rings. The highest BCUT2D eigenvalue weighted by Gasteiger charge is 2.36. The van der Waals surface area contributed by atoms with E-state index in [1.165, 1.54) is 6.92 Å². The van der Waals surface area contributed by atoms with Crippen LogP contribution in [0.4, 0.5) is 0 Å². The lowest BCUT2D eigenvalue weighted by Gasteiger charge is -2.33. The van der Waals surface area contributed by atoms with Crippen molar-refractivity contribution >= 4 is 17.8 Å². The van der Waals surface area contributed by atoms with Crippen LogP contribution in [0.2, 0.25) is 0 Å². The predicted octanol–water partition coefficient (Wildman–Crippen LogP) is -2.38. The minimum Gasteiger partial charge on any atom is -0.502 e. The number of carbonyl (C=O) groups excluding carboxylic acids is 2. The van der Waals surface area contributed by atoms with Gasteiger partial charge < -0.3 is 36.2 Å². The Labute approximate surface area is 132 Å². The van der Waals surface area contributed by atoms with Crippen molar-refractivity contribution in [2.24, 2.45) is 0 Å². The second kappa shape index (κ2) is 9.08. The molecular formula is C13H22N2O8. The van der Waals surface area contributed by atoms with Crippen molar-refractivity contribution in [3.63, 3.8) is 0 Å². The van der Waals surface area contributed by atoms with Gasteiger partial charge in [0.05, 0.1) is 30.4 Å². The normalized spacial score (nSPS) is 18.3. The number of amides is 2. The summed E-state index contributed by atoms with van der Waals surface area (Å²) < 4.78 is 0. The summed E-state index contributed by atoms with van der Waals surface area (Å²) in [6, 6.07) is -2.74. The molecular weight excluding hydrogens is 312 g/mol. The largest absolute Gasteiger partial charge is 0.502 e. The Hall–Kier alpha value is -2.17. The first-order chi connectivity index (χ1) is 10.5. The van der Waals surface area contributed by atoms with E-state index in [1.54, 1.807) is 0 Å². The molecule has 23 heavy (non-hydrogen) atoms. The van der Waals surface area contributed by atoms with Gasteiger partial charge in [-0.1, -0.05) is 0 Å². The van der Waals surface area contributed by atoms with Crippen molar-refractivity contribution in [1.29, 1.82) is 0 Å². The first-order valence-electron chi connectivity index (χ1n) is 6.69. The highest BCUT2D eigenvalue weighted by molar-refractivity contribution is 5.83. The number of aliphatic hydroxyl groups excluding tert-OH is 4. The maximum absolute atomic E-state index is 11.2. The van der Waals surface area contributed by atoms with Gasteiger partial charge >= 0.3 is 5.97 Å². The summed E-state index contributed by atoms with van der Waals surface area (Å²) in [6.07, 6.45) is -4.19. The summed E-state index contributed by atoms with van der Waals surface area (Å²) in [6.45, 7) is 3.50. The molecule has 0 saturated carbocycles. The van der Waals surface area contributed by atoms with Crippen molar-refractivity contribution in [3.05, 3.63) is 11.8 Å². The zero-order chi connectivity index (χ0) is 18.3. The van der Waals surface area contributed by atoms with Crippen LogP contribution in [-0.4, -0.2) is 73.7 Å². The van der Waals surface area contributed by atoms with Gasteiger partial charge in [-0.15, -0.1) is 0 Å². The van der Waals surface area contributed by atoms with Gasteiger partial charge in [0.25, 0.3) is 0 Å². The molecule has 0 aliphatic carbocycles. The van der Waals surface area contributed by atoms with Crippen LogP contribution in [0, 0.1) is 0 Å². The molecule has 0 saturated heterocycles. The van der Waals surface area contributed by atoms with E-state index in [1.807, 2.05) is 0 Å². The smallest absolute Gasteiger partial charge is 0.370 e. The Morgan fingerprint density at radius 3 is 1.70 bits per heavy atom. The molecule has 132 valence electrons. The zero-order valence-corrected chi connectivity index (χ0v) is 12.9. The Balaban J connectivity index is 5.50. The summed E-state index contributed by atoms with van der Waals surface area (Å²) in [5.41, 5.74) is 0. The number of hydrogen-bond acceptors (Lipinski definition) is 7. The topological polar surface area (TPSA) is 176 Å². The van der Waals surface area contributed by atoms with Gasteiger partial charge in [0.15, 0.2) is 5.76 Å². The maximum Gasteiger partial charge on any atom is 0.370 e. The van der Waals surface area contributed by atoms with Crippen LogP contribution in [0.1, 0.15) is 20.8 Å². The van der Waals surface area contributed by atoms with Crippen LogP contribution in [0.15, 0.2) is 11.8 Å². The molecule has 0 bridgehead atoms. The number of carboxylic acids is 1. The molecule has 10 heteroatoms. The maximum atomic E-state index is 11.2. The molecule has 0 spiro atoms. The number of carboxylic acid groups (broad SMARTS) is 1. The Morgan fingerprint density at radius 2 is 1.35 bits per heavy atom. The quantitative estimate of drug-likeness (QED) is 0.190. The Kier molecular flexibility index (Phi) is 8.22. The van der Waals surface area contributed by atoms with Crippen LogP contribution < -0.4 is 10.6 Å². The zero-order valence-electron chi connectivity index (χ0n) is 12.9. The summed E-state index contributed by atoms with van der Waals surface area (Å²) in [4.78, 5) is 32.9. The molecule has 0 fully saturated rings. The van der Waals surface area contributed by atoms with E-state index in [9.17, 15) is 29.7 Å². The van der Waals surface area contributed by atoms with Gasteiger partial charge in [0.1, 0.15) is 0 Å². The molecule has 0 aromatic carbocycles. The Bertz CT molecular complexity index is 477. The van der Waals surface area contributed by atoms with Crippen molar-refractivity contribution in [1.82, 2.24) is 10.6 Å². The third-order valence-electron chi connectivity index (χ3n) is 2.91. The third kappa shape index (κ3) is 7.08. The number of hydrogen-bond donors (Lipinski definition) is 7. The van der Waals surface area contributed by atoms with Gasteiger partial charge in [-0.2, -0.15) is 0 Å². The Morgan fingerprint density at radius 1 is 0.913 bits per heavy atom. The van der Waals surface area contributed by atoms with Crippen LogP contribution >= 0.6 is 0 Å². The van der Waals surface area contributed by atoms with E-state index in [0.29, 0.717) is 6.08 Å². The van der Waals surface area contributed by atoms with Crippen LogP contribution in [0.5, 0.6) is 0 Å². The van der Waals surface area contributed by atoms with Crippen molar-refractivity contribution in [3.8, 4) is 0 Å². The standard InChI is InChI=1S/C13H22N2O8/c1-5(16)10(14-6(2)17)12(21)11(15-7(3)18)8(19)4-9(20)13(22)23/h4-5,8,10-12,16,19-21H,1-3H3,(H,14,17)(H,15,18)(H,22,23)/b9-4-/t5-,8+,10-,11-,12+/m1/s1. The van der Waals surface area contributed by atoms with Crippen molar-refractivity contribution in [2.45, 2.75) is 51.2 Å². The SMILES string of the molecule is CC(=O)N[C@@H]([C@H](O)[C@H](NC(C)=O)[C@@H](O)/C=C(\O)C(=O)O)[C@@H](C)O. The molecule has 0 rings (SSSR count).